The minimum atomic E-state index is -1.92. The first-order chi connectivity index (χ1) is 5.12. The maximum atomic E-state index is 5.37. The zero-order chi connectivity index (χ0) is 8.74. The molecule has 11 heavy (non-hydrogen) atoms. The fourth-order valence-electron chi connectivity index (χ4n) is 0.492. The molecule has 0 unspecified atom stereocenters. The molecular formula is C8H16O2Si. The smallest absolute Gasteiger partial charge is 0.453 e. The zero-order valence-corrected chi connectivity index (χ0v) is 8.63. The van der Waals surface area contributed by atoms with Crippen molar-refractivity contribution in [3.8, 4) is 0 Å². The van der Waals surface area contributed by atoms with E-state index < -0.39 is 8.56 Å². The lowest BCUT2D eigenvalue weighted by molar-refractivity contribution is 0.319. The van der Waals surface area contributed by atoms with Crippen LogP contribution in [-0.2, 0) is 8.85 Å². The average Bonchev–Trinajstić information content (AvgIpc) is 1.97. The molecule has 64 valence electrons. The molecule has 0 atom stereocenters. The SMILES string of the molecule is C/C=C\O[Si](C)(C)O/C=C\C. The largest absolute Gasteiger partial charge is 0.519 e. The van der Waals surface area contributed by atoms with E-state index in [-0.39, 0.29) is 0 Å². The summed E-state index contributed by atoms with van der Waals surface area (Å²) in [7, 11) is -1.92. The van der Waals surface area contributed by atoms with Gasteiger partial charge >= 0.3 is 8.56 Å². The van der Waals surface area contributed by atoms with Crippen molar-refractivity contribution < 1.29 is 8.85 Å². The van der Waals surface area contributed by atoms with Gasteiger partial charge in [0.2, 0.25) is 0 Å². The van der Waals surface area contributed by atoms with Gasteiger partial charge in [0.05, 0.1) is 12.5 Å². The summed E-state index contributed by atoms with van der Waals surface area (Å²) in [5.74, 6) is 0. The van der Waals surface area contributed by atoms with Crippen molar-refractivity contribution in [3.05, 3.63) is 24.7 Å². The summed E-state index contributed by atoms with van der Waals surface area (Å²) < 4.78 is 10.7. The molecule has 0 fully saturated rings. The van der Waals surface area contributed by atoms with Crippen LogP contribution in [0.1, 0.15) is 13.8 Å². The summed E-state index contributed by atoms with van der Waals surface area (Å²) in [5.41, 5.74) is 0. The Balaban J connectivity index is 3.78. The van der Waals surface area contributed by atoms with E-state index in [2.05, 4.69) is 0 Å². The summed E-state index contributed by atoms with van der Waals surface area (Å²) in [6.07, 6.45) is 7.06. The van der Waals surface area contributed by atoms with Gasteiger partial charge in [-0.1, -0.05) is 12.2 Å². The molecular weight excluding hydrogens is 156 g/mol. The quantitative estimate of drug-likeness (QED) is 0.479. The Morgan fingerprint density at radius 3 is 1.55 bits per heavy atom. The number of hydrogen-bond donors (Lipinski definition) is 0. The van der Waals surface area contributed by atoms with Crippen molar-refractivity contribution in [2.75, 3.05) is 0 Å². The van der Waals surface area contributed by atoms with Gasteiger partial charge in [-0.3, -0.25) is 0 Å². The van der Waals surface area contributed by atoms with Crippen LogP contribution in [0.3, 0.4) is 0 Å². The Bertz CT molecular complexity index is 134. The van der Waals surface area contributed by atoms with Crippen molar-refractivity contribution in [1.82, 2.24) is 0 Å². The van der Waals surface area contributed by atoms with Crippen molar-refractivity contribution in [3.63, 3.8) is 0 Å². The van der Waals surface area contributed by atoms with Gasteiger partial charge in [0.1, 0.15) is 0 Å². The molecule has 0 rings (SSSR count). The van der Waals surface area contributed by atoms with E-state index in [9.17, 15) is 0 Å². The Hall–Kier alpha value is -0.703. The van der Waals surface area contributed by atoms with Crippen LogP contribution in [-0.4, -0.2) is 8.56 Å². The summed E-state index contributed by atoms with van der Waals surface area (Å²) in [6, 6.07) is 0. The first-order valence-electron chi connectivity index (χ1n) is 3.70. The number of allylic oxidation sites excluding steroid dienone is 2. The van der Waals surface area contributed by atoms with E-state index in [1.807, 2.05) is 39.1 Å². The lowest BCUT2D eigenvalue weighted by Crippen LogP contribution is -2.30. The van der Waals surface area contributed by atoms with Crippen LogP contribution >= 0.6 is 0 Å². The maximum Gasteiger partial charge on any atom is 0.453 e. The molecule has 2 nitrogen and oxygen atoms in total. The Morgan fingerprint density at radius 2 is 1.27 bits per heavy atom. The molecule has 0 aromatic carbocycles. The van der Waals surface area contributed by atoms with E-state index in [4.69, 9.17) is 8.85 Å². The number of rotatable bonds is 4. The van der Waals surface area contributed by atoms with Crippen LogP contribution in [0.15, 0.2) is 24.7 Å². The molecule has 0 saturated heterocycles. The summed E-state index contributed by atoms with van der Waals surface area (Å²) >= 11 is 0. The van der Waals surface area contributed by atoms with E-state index in [1.165, 1.54) is 0 Å². The predicted molar refractivity (Wildman–Crippen MR) is 49.3 cm³/mol. The molecule has 0 spiro atoms. The van der Waals surface area contributed by atoms with Crippen LogP contribution < -0.4 is 0 Å². The minimum absolute atomic E-state index is 1.68. The summed E-state index contributed by atoms with van der Waals surface area (Å²) in [4.78, 5) is 0. The Kier molecular flexibility index (Phi) is 4.69. The standard InChI is InChI=1S/C8H16O2Si/c1-5-7-9-11(3,4)10-8-6-2/h5-8H,1-4H3/b7-5-,8-6-. The third-order valence-electron chi connectivity index (χ3n) is 0.976. The van der Waals surface area contributed by atoms with Crippen LogP contribution in [0.2, 0.25) is 13.1 Å². The van der Waals surface area contributed by atoms with Crippen molar-refractivity contribution >= 4 is 8.56 Å². The fourth-order valence-corrected chi connectivity index (χ4v) is 1.47. The van der Waals surface area contributed by atoms with E-state index in [1.54, 1.807) is 12.5 Å². The third kappa shape index (κ3) is 5.73. The second-order valence-electron chi connectivity index (χ2n) is 2.57. The molecule has 3 heteroatoms. The van der Waals surface area contributed by atoms with Crippen LogP contribution in [0.25, 0.3) is 0 Å². The highest BCUT2D eigenvalue weighted by Crippen LogP contribution is 2.06. The van der Waals surface area contributed by atoms with Gasteiger partial charge in [-0.25, -0.2) is 0 Å². The molecule has 0 N–H and O–H groups in total. The van der Waals surface area contributed by atoms with Crippen LogP contribution in [0.4, 0.5) is 0 Å². The summed E-state index contributed by atoms with van der Waals surface area (Å²) in [5, 5.41) is 0. The molecule has 0 amide bonds. The van der Waals surface area contributed by atoms with Gasteiger partial charge in [0.15, 0.2) is 0 Å². The first kappa shape index (κ1) is 10.3. The van der Waals surface area contributed by atoms with Crippen molar-refractivity contribution in [2.45, 2.75) is 26.9 Å². The molecule has 0 aliphatic heterocycles. The lowest BCUT2D eigenvalue weighted by atomic mass is 10.8. The number of hydrogen-bond acceptors (Lipinski definition) is 2. The van der Waals surface area contributed by atoms with Gasteiger partial charge < -0.3 is 8.85 Å². The lowest BCUT2D eigenvalue weighted by Gasteiger charge is -2.19. The molecule has 0 aromatic rings. The highest BCUT2D eigenvalue weighted by atomic mass is 28.4. The fraction of sp³-hybridized carbons (Fsp3) is 0.500. The van der Waals surface area contributed by atoms with Crippen LogP contribution in [0, 0.1) is 0 Å². The van der Waals surface area contributed by atoms with Gasteiger partial charge in [0, 0.05) is 13.1 Å². The highest BCUT2D eigenvalue weighted by Gasteiger charge is 2.24. The molecule has 0 heterocycles. The topological polar surface area (TPSA) is 18.5 Å². The second-order valence-corrected chi connectivity index (χ2v) is 5.85. The molecule has 0 bridgehead atoms. The van der Waals surface area contributed by atoms with E-state index >= 15 is 0 Å². The molecule has 0 radical (unpaired) electrons. The highest BCUT2D eigenvalue weighted by molar-refractivity contribution is 6.64. The first-order valence-corrected chi connectivity index (χ1v) is 6.52. The molecule has 0 aliphatic rings. The Morgan fingerprint density at radius 1 is 0.909 bits per heavy atom. The normalized spacial score (nSPS) is 12.7. The van der Waals surface area contributed by atoms with Crippen LogP contribution in [0.5, 0.6) is 0 Å². The van der Waals surface area contributed by atoms with E-state index in [0.29, 0.717) is 0 Å². The molecule has 0 aliphatic carbocycles. The van der Waals surface area contributed by atoms with Gasteiger partial charge in [-0.2, -0.15) is 0 Å². The third-order valence-corrected chi connectivity index (χ3v) is 2.38. The predicted octanol–water partition coefficient (Wildman–Crippen LogP) is 2.79. The van der Waals surface area contributed by atoms with E-state index in [0.717, 1.165) is 0 Å². The summed E-state index contributed by atoms with van der Waals surface area (Å²) in [6.45, 7) is 7.82. The minimum Gasteiger partial charge on any atom is -0.519 e. The molecule has 0 aromatic heterocycles. The van der Waals surface area contributed by atoms with Crippen molar-refractivity contribution in [2.24, 2.45) is 0 Å². The second kappa shape index (κ2) is 5.01. The van der Waals surface area contributed by atoms with Crippen molar-refractivity contribution in [1.29, 1.82) is 0 Å². The van der Waals surface area contributed by atoms with Gasteiger partial charge in [-0.15, -0.1) is 0 Å². The molecule has 0 saturated carbocycles. The monoisotopic (exact) mass is 172 g/mol. The van der Waals surface area contributed by atoms with Gasteiger partial charge in [0.25, 0.3) is 0 Å². The maximum absolute atomic E-state index is 5.37. The zero-order valence-electron chi connectivity index (χ0n) is 7.63. The average molecular weight is 172 g/mol. The Labute approximate surface area is 69.8 Å². The van der Waals surface area contributed by atoms with Gasteiger partial charge in [-0.05, 0) is 13.8 Å².